The summed E-state index contributed by atoms with van der Waals surface area (Å²) < 4.78 is 158. The van der Waals surface area contributed by atoms with Crippen molar-refractivity contribution in [3.8, 4) is 23.0 Å². The zero-order valence-electron chi connectivity index (χ0n) is 30.3. The third-order valence-electron chi connectivity index (χ3n) is 3.06. The first kappa shape index (κ1) is 11.2. The normalized spacial score (nSPS) is 20.2. The van der Waals surface area contributed by atoms with Crippen LogP contribution in [-0.2, 0) is 10.2 Å². The molecular weight excluding hydrogens is 568 g/mol. The van der Waals surface area contributed by atoms with Gasteiger partial charge in [-0.1, -0.05) is 34.9 Å². The molecular formula is C19H20Br2N6O4S. The molecule has 1 aromatic carbocycles. The molecule has 170 valence electrons. The summed E-state index contributed by atoms with van der Waals surface area (Å²) in [5.41, 5.74) is -1.74. The van der Waals surface area contributed by atoms with E-state index in [1.807, 2.05) is 0 Å². The molecule has 0 aliphatic heterocycles. The molecule has 0 atom stereocenters. The highest BCUT2D eigenvalue weighted by Gasteiger charge is 2.19. The van der Waals surface area contributed by atoms with E-state index in [1.54, 1.807) is 4.72 Å². The van der Waals surface area contributed by atoms with Gasteiger partial charge in [0.25, 0.3) is 10.2 Å². The van der Waals surface area contributed by atoms with Crippen molar-refractivity contribution < 1.29 is 38.5 Å². The zero-order chi connectivity index (χ0) is 36.1. The topological polar surface area (TPSA) is 128 Å². The summed E-state index contributed by atoms with van der Waals surface area (Å²) in [5.74, 6) is -2.12. The fourth-order valence-corrected chi connectivity index (χ4v) is 2.95. The Morgan fingerprint density at radius 3 is 2.50 bits per heavy atom. The number of aromatic nitrogens is 4. The summed E-state index contributed by atoms with van der Waals surface area (Å²) >= 11 is 5.95. The van der Waals surface area contributed by atoms with Crippen LogP contribution in [0, 0.1) is 0 Å². The zero-order valence-corrected chi connectivity index (χ0v) is 19.3. The molecule has 2 aromatic heterocycles. The van der Waals surface area contributed by atoms with E-state index in [2.05, 4.69) is 51.8 Å². The first-order chi connectivity index (χ1) is 21.2. The maximum absolute atomic E-state index is 13.1. The summed E-state index contributed by atoms with van der Waals surface area (Å²) in [4.78, 5) is 14.7. The first-order valence-electron chi connectivity index (χ1n) is 15.4. The van der Waals surface area contributed by atoms with E-state index >= 15 is 0 Å². The van der Waals surface area contributed by atoms with Crippen LogP contribution in [0.5, 0.6) is 11.9 Å². The summed E-state index contributed by atoms with van der Waals surface area (Å²) in [5, 5.41) is 0. The van der Waals surface area contributed by atoms with Gasteiger partial charge in [-0.15, -0.1) is 0 Å². The molecule has 3 aromatic rings. The minimum atomic E-state index is -5.40. The van der Waals surface area contributed by atoms with Crippen LogP contribution in [0.1, 0.15) is 33.8 Å². The number of hydrogen-bond acceptors (Lipinski definition) is 8. The Balaban J connectivity index is 2.22. The number of anilines is 1. The van der Waals surface area contributed by atoms with E-state index in [0.29, 0.717) is 10.8 Å². The van der Waals surface area contributed by atoms with Crippen molar-refractivity contribution in [2.45, 2.75) is 13.2 Å². The van der Waals surface area contributed by atoms with Crippen LogP contribution in [-0.4, -0.2) is 48.0 Å². The van der Waals surface area contributed by atoms with Crippen molar-refractivity contribution in [3.05, 3.63) is 51.8 Å². The van der Waals surface area contributed by atoms with Crippen LogP contribution < -0.4 is 18.9 Å². The molecule has 10 nitrogen and oxygen atoms in total. The van der Waals surface area contributed by atoms with Crippen LogP contribution in [0.15, 0.2) is 51.8 Å². The number of ether oxygens (including phenoxy) is 2. The summed E-state index contributed by atoms with van der Waals surface area (Å²) in [6.45, 7) is -14.5. The Morgan fingerprint density at radius 2 is 1.78 bits per heavy atom. The van der Waals surface area contributed by atoms with Crippen molar-refractivity contribution in [2.75, 3.05) is 24.3 Å². The lowest BCUT2D eigenvalue weighted by atomic mass is 10.1. The van der Waals surface area contributed by atoms with Gasteiger partial charge in [0.2, 0.25) is 5.88 Å². The van der Waals surface area contributed by atoms with Crippen LogP contribution in [0.3, 0.4) is 0 Å². The van der Waals surface area contributed by atoms with E-state index < -0.39 is 96.1 Å². The molecule has 2 N–H and O–H groups in total. The van der Waals surface area contributed by atoms with E-state index in [-0.39, 0.29) is 4.47 Å². The van der Waals surface area contributed by atoms with E-state index in [9.17, 15) is 8.42 Å². The fraction of sp³-hybridized carbons (Fsp3) is 0.263. The number of rotatable bonds is 11. The predicted octanol–water partition coefficient (Wildman–Crippen LogP) is 3.57. The highest BCUT2D eigenvalue weighted by Crippen LogP contribution is 2.34. The first-order valence-corrected chi connectivity index (χ1v) is 11.0. The van der Waals surface area contributed by atoms with Crippen LogP contribution in [0.2, 0.25) is 0 Å². The van der Waals surface area contributed by atoms with E-state index in [0.717, 1.165) is 12.4 Å². The molecule has 0 unspecified atom stereocenters. The van der Waals surface area contributed by atoms with Crippen LogP contribution in [0.25, 0.3) is 11.1 Å². The van der Waals surface area contributed by atoms with Gasteiger partial charge >= 0.3 is 6.01 Å². The molecule has 0 fully saturated rings. The van der Waals surface area contributed by atoms with Gasteiger partial charge < -0.3 is 9.47 Å². The van der Waals surface area contributed by atoms with E-state index in [1.165, 1.54) is 4.72 Å². The number of benzene rings is 1. The van der Waals surface area contributed by atoms with Crippen LogP contribution >= 0.6 is 31.9 Å². The van der Waals surface area contributed by atoms with Crippen molar-refractivity contribution >= 4 is 47.9 Å². The molecule has 32 heavy (non-hydrogen) atoms. The molecule has 2 heterocycles. The van der Waals surface area contributed by atoms with Gasteiger partial charge in [-0.3, -0.25) is 4.72 Å². The van der Waals surface area contributed by atoms with Crippen molar-refractivity contribution in [1.82, 2.24) is 24.7 Å². The SMILES string of the molecule is [2H]c1c([2H])c(-c2c(NS(=O)(=O)NC([2H])([2H])C([2H])([2H])C([2H])([2H])[2H])ncnc2OC([2H])([2H])C([2H])([2H])Oc2ncc(Br)cn2)c([2H])c([2H])c1Br. The highest BCUT2D eigenvalue weighted by atomic mass is 79.9. The second-order valence-corrected chi connectivity index (χ2v) is 8.26. The number of nitrogens with zero attached hydrogens (tertiary/aromatic N) is 4. The second-order valence-electron chi connectivity index (χ2n) is 5.14. The largest absolute Gasteiger partial charge is 0.473 e. The van der Waals surface area contributed by atoms with Crippen molar-refractivity contribution in [2.24, 2.45) is 0 Å². The summed E-state index contributed by atoms with van der Waals surface area (Å²) in [6.07, 6.45) is -0.948. The van der Waals surface area contributed by atoms with Gasteiger partial charge in [-0.2, -0.15) is 13.1 Å². The second kappa shape index (κ2) is 11.5. The monoisotopic (exact) mass is 601 g/mol. The van der Waals surface area contributed by atoms with Gasteiger partial charge in [0, 0.05) is 33.0 Å². The third kappa shape index (κ3) is 7.08. The Bertz CT molecular complexity index is 1750. The van der Waals surface area contributed by atoms with Crippen LogP contribution in [0.4, 0.5) is 5.82 Å². The molecule has 0 saturated heterocycles. The molecule has 3 rings (SSSR count). The quantitative estimate of drug-likeness (QED) is 0.341. The highest BCUT2D eigenvalue weighted by molar-refractivity contribution is 9.10. The standard InChI is InChI=1S/C19H20Br2N6O4S/c1-2-7-26-32(28,29)27-17-16(13-3-5-14(20)6-4-13)18(25-12-24-17)30-8-9-31-19-22-10-15(21)11-23-19/h3-6,10-12,26H,2,7-9H2,1H3,(H,24,25,27)/i1D3,2D2,3D,4D,5D,6D,7D2,8D2,9D2. The number of hydrogen-bond donors (Lipinski definition) is 2. The lowest BCUT2D eigenvalue weighted by Crippen LogP contribution is -2.31. The molecule has 0 aliphatic rings. The van der Waals surface area contributed by atoms with Gasteiger partial charge in [0.05, 0.1) is 21.0 Å². The lowest BCUT2D eigenvalue weighted by Gasteiger charge is -2.15. The minimum Gasteiger partial charge on any atom is -0.473 e. The van der Waals surface area contributed by atoms with Crippen molar-refractivity contribution in [3.63, 3.8) is 0 Å². The van der Waals surface area contributed by atoms with Gasteiger partial charge in [0.15, 0.2) is 5.82 Å². The Hall–Kier alpha value is -2.35. The average Bonchev–Trinajstić information content (AvgIpc) is 2.91. The average molecular weight is 603 g/mol. The maximum atomic E-state index is 13.1. The fourth-order valence-electron chi connectivity index (χ4n) is 1.91. The third-order valence-corrected chi connectivity index (χ3v) is 4.70. The molecule has 0 radical (unpaired) electrons. The lowest BCUT2D eigenvalue weighted by molar-refractivity contribution is 0.202. The number of nitrogens with one attached hydrogen (secondary N) is 2. The van der Waals surface area contributed by atoms with Crippen molar-refractivity contribution in [1.29, 1.82) is 0 Å². The summed E-state index contributed by atoms with van der Waals surface area (Å²) in [7, 11) is -5.40. The predicted molar refractivity (Wildman–Crippen MR) is 127 cm³/mol. The van der Waals surface area contributed by atoms with Gasteiger partial charge in [-0.05, 0) is 40.0 Å². The van der Waals surface area contributed by atoms with Gasteiger partial charge in [0.1, 0.15) is 19.4 Å². The van der Waals surface area contributed by atoms with Gasteiger partial charge in [-0.25, -0.2) is 19.9 Å². The maximum Gasteiger partial charge on any atom is 0.316 e. The number of halogens is 2. The Kier molecular flexibility index (Phi) is 4.02. The smallest absolute Gasteiger partial charge is 0.316 e. The molecule has 0 aliphatic carbocycles. The molecule has 0 bridgehead atoms. The molecule has 0 saturated carbocycles. The van der Waals surface area contributed by atoms with E-state index in [4.69, 9.17) is 30.0 Å². The Morgan fingerprint density at radius 1 is 1.06 bits per heavy atom. The Labute approximate surface area is 223 Å². The minimum absolute atomic E-state index is 0.339. The molecule has 0 spiro atoms. The molecule has 0 amide bonds. The summed E-state index contributed by atoms with van der Waals surface area (Å²) in [6, 6.07) is -3.86. The molecule has 13 heteroatoms.